The Balaban J connectivity index is 2.51. The first kappa shape index (κ1) is 13.5. The molecule has 6 heteroatoms. The highest BCUT2D eigenvalue weighted by Crippen LogP contribution is 2.49. The number of carbonyl (C=O) groups is 2. The van der Waals surface area contributed by atoms with Crippen molar-refractivity contribution >= 4 is 17.6 Å². The van der Waals surface area contributed by atoms with E-state index in [4.69, 9.17) is 0 Å². The molecule has 0 aliphatic carbocycles. The molecule has 102 valence electrons. The second-order valence-electron chi connectivity index (χ2n) is 4.36. The lowest BCUT2D eigenvalue weighted by Gasteiger charge is -2.24. The van der Waals surface area contributed by atoms with Crippen molar-refractivity contribution in [1.29, 1.82) is 0 Å². The van der Waals surface area contributed by atoms with Gasteiger partial charge in [0.2, 0.25) is 12.2 Å². The number of nitrogens with zero attached hydrogens (tertiary/aromatic N) is 1. The molecule has 1 unspecified atom stereocenters. The number of hydrogen-bond donors (Lipinski definition) is 0. The molecule has 2 rings (SSSR count). The Morgan fingerprint density at radius 3 is 2.63 bits per heavy atom. The summed E-state index contributed by atoms with van der Waals surface area (Å²) in [5.41, 5.74) is -2.44. The van der Waals surface area contributed by atoms with Gasteiger partial charge in [-0.1, -0.05) is 18.2 Å². The minimum Gasteiger partial charge on any atom is -0.469 e. The number of alkyl halides is 2. The number of benzene rings is 1. The highest BCUT2D eigenvalue weighted by atomic mass is 19.2. The van der Waals surface area contributed by atoms with Crippen LogP contribution in [0.5, 0.6) is 0 Å². The maximum absolute atomic E-state index is 14.9. The molecular weight excluding hydrogens is 256 g/mol. The Hall–Kier alpha value is -1.98. The van der Waals surface area contributed by atoms with Crippen molar-refractivity contribution in [3.63, 3.8) is 0 Å². The Bertz CT molecular complexity index is 534. The molecule has 1 aromatic rings. The lowest BCUT2D eigenvalue weighted by Crippen LogP contribution is -2.42. The molecule has 0 aromatic heterocycles. The average Bonchev–Trinajstić information content (AvgIpc) is 2.59. The fraction of sp³-hybridized carbons (Fsp3) is 0.385. The number of anilines is 1. The summed E-state index contributed by atoms with van der Waals surface area (Å²) >= 11 is 0. The molecule has 4 nitrogen and oxygen atoms in total. The monoisotopic (exact) mass is 269 g/mol. The minimum atomic E-state index is -2.57. The number of halogens is 2. The van der Waals surface area contributed by atoms with Gasteiger partial charge in [0.1, 0.15) is 0 Å². The van der Waals surface area contributed by atoms with E-state index in [0.717, 1.165) is 18.9 Å². The van der Waals surface area contributed by atoms with E-state index in [0.29, 0.717) is 0 Å². The van der Waals surface area contributed by atoms with Crippen LogP contribution in [0.3, 0.4) is 0 Å². The van der Waals surface area contributed by atoms with Crippen LogP contribution in [-0.2, 0) is 20.0 Å². The maximum atomic E-state index is 14.9. The van der Waals surface area contributed by atoms with Crippen LogP contribution in [-0.4, -0.2) is 25.3 Å². The van der Waals surface area contributed by atoms with Crippen molar-refractivity contribution in [2.45, 2.75) is 25.3 Å². The Labute approximate surface area is 109 Å². The van der Waals surface area contributed by atoms with E-state index >= 15 is 0 Å². The number of rotatable bonds is 2. The molecule has 1 aliphatic rings. The standard InChI is InChI=1S/C13H13F2NO3/c1-8(17)16-10-6-4-3-5-9(10)13(15,12(16)14)7-11(18)19-2/h3-6,12H,7H2,1-2H3/t12?,13-/m1/s1. The van der Waals surface area contributed by atoms with Gasteiger partial charge in [-0.2, -0.15) is 0 Å². The summed E-state index contributed by atoms with van der Waals surface area (Å²) in [6, 6.07) is 5.92. The SMILES string of the molecule is COC(=O)C[C@@]1(F)c2ccccc2N(C(C)=O)C1F. The largest absolute Gasteiger partial charge is 0.469 e. The molecule has 0 saturated carbocycles. The van der Waals surface area contributed by atoms with Crippen LogP contribution in [0.25, 0.3) is 0 Å². The average molecular weight is 269 g/mol. The van der Waals surface area contributed by atoms with Crippen LogP contribution in [0.4, 0.5) is 14.5 Å². The van der Waals surface area contributed by atoms with E-state index in [1.165, 1.54) is 18.2 Å². The number of hydrogen-bond acceptors (Lipinski definition) is 3. The number of ether oxygens (including phenoxy) is 1. The zero-order valence-corrected chi connectivity index (χ0v) is 10.5. The van der Waals surface area contributed by atoms with Gasteiger partial charge >= 0.3 is 5.97 Å². The van der Waals surface area contributed by atoms with Crippen LogP contribution in [0.15, 0.2) is 24.3 Å². The number of esters is 1. The van der Waals surface area contributed by atoms with Gasteiger partial charge in [-0.3, -0.25) is 14.5 Å². The molecule has 0 N–H and O–H groups in total. The van der Waals surface area contributed by atoms with Crippen LogP contribution in [0, 0.1) is 0 Å². The van der Waals surface area contributed by atoms with Crippen molar-refractivity contribution < 1.29 is 23.1 Å². The van der Waals surface area contributed by atoms with E-state index < -0.39 is 30.3 Å². The first-order valence-corrected chi connectivity index (χ1v) is 5.71. The zero-order chi connectivity index (χ0) is 14.2. The van der Waals surface area contributed by atoms with Gasteiger partial charge in [0.25, 0.3) is 0 Å². The third-order valence-corrected chi connectivity index (χ3v) is 3.18. The molecule has 0 saturated heterocycles. The predicted octanol–water partition coefficient (Wildman–Crippen LogP) is 2.08. The first-order chi connectivity index (χ1) is 8.91. The van der Waals surface area contributed by atoms with Gasteiger partial charge in [-0.05, 0) is 6.07 Å². The van der Waals surface area contributed by atoms with Gasteiger partial charge < -0.3 is 4.74 Å². The second kappa shape index (κ2) is 4.60. The van der Waals surface area contributed by atoms with Crippen molar-refractivity contribution in [2.75, 3.05) is 12.0 Å². The normalized spacial score (nSPS) is 25.1. The molecule has 0 spiro atoms. The second-order valence-corrected chi connectivity index (χ2v) is 4.36. The van der Waals surface area contributed by atoms with Gasteiger partial charge in [0, 0.05) is 12.5 Å². The molecule has 0 fully saturated rings. The minimum absolute atomic E-state index is 0.0110. The summed E-state index contributed by atoms with van der Waals surface area (Å²) < 4.78 is 33.6. The van der Waals surface area contributed by atoms with E-state index in [1.807, 2.05) is 0 Å². The summed E-state index contributed by atoms with van der Waals surface area (Å²) in [5, 5.41) is 0. The Morgan fingerprint density at radius 2 is 2.05 bits per heavy atom. The van der Waals surface area contributed by atoms with E-state index in [-0.39, 0.29) is 11.3 Å². The van der Waals surface area contributed by atoms with Crippen molar-refractivity contribution in [3.8, 4) is 0 Å². The van der Waals surface area contributed by atoms with Crippen LogP contribution >= 0.6 is 0 Å². The number of amides is 1. The smallest absolute Gasteiger partial charge is 0.309 e. The third kappa shape index (κ3) is 1.97. The van der Waals surface area contributed by atoms with Gasteiger partial charge in [0.15, 0.2) is 5.67 Å². The molecule has 2 atom stereocenters. The Morgan fingerprint density at radius 1 is 1.42 bits per heavy atom. The molecule has 1 amide bonds. The molecule has 1 aromatic carbocycles. The van der Waals surface area contributed by atoms with Crippen LogP contribution in [0.1, 0.15) is 18.9 Å². The van der Waals surface area contributed by atoms with Crippen molar-refractivity contribution in [2.24, 2.45) is 0 Å². The number of para-hydroxylation sites is 1. The van der Waals surface area contributed by atoms with Gasteiger partial charge in [0.05, 0.1) is 19.2 Å². The van der Waals surface area contributed by atoms with Crippen molar-refractivity contribution in [3.05, 3.63) is 29.8 Å². The van der Waals surface area contributed by atoms with Crippen LogP contribution < -0.4 is 4.90 Å². The number of methoxy groups -OCH3 is 1. The highest BCUT2D eigenvalue weighted by molar-refractivity contribution is 5.95. The van der Waals surface area contributed by atoms with Gasteiger partial charge in [-0.25, -0.2) is 8.78 Å². The lowest BCUT2D eigenvalue weighted by atomic mass is 9.93. The molecule has 19 heavy (non-hydrogen) atoms. The summed E-state index contributed by atoms with van der Waals surface area (Å²) in [6.07, 6.45) is -3.01. The topological polar surface area (TPSA) is 46.6 Å². The Kier molecular flexibility index (Phi) is 3.26. The third-order valence-electron chi connectivity index (χ3n) is 3.18. The fourth-order valence-electron chi connectivity index (χ4n) is 2.28. The summed E-state index contributed by atoms with van der Waals surface area (Å²) in [5.74, 6) is -1.49. The fourth-order valence-corrected chi connectivity index (χ4v) is 2.28. The van der Waals surface area contributed by atoms with Gasteiger partial charge in [-0.15, -0.1) is 0 Å². The van der Waals surface area contributed by atoms with Crippen molar-refractivity contribution in [1.82, 2.24) is 0 Å². The van der Waals surface area contributed by atoms with Crippen LogP contribution in [0.2, 0.25) is 0 Å². The zero-order valence-electron chi connectivity index (χ0n) is 10.5. The lowest BCUT2D eigenvalue weighted by molar-refractivity contribution is -0.146. The van der Waals surface area contributed by atoms with E-state index in [2.05, 4.69) is 4.74 Å². The van der Waals surface area contributed by atoms with E-state index in [9.17, 15) is 18.4 Å². The summed E-state index contributed by atoms with van der Waals surface area (Å²) in [4.78, 5) is 23.5. The molecule has 1 heterocycles. The summed E-state index contributed by atoms with van der Waals surface area (Å²) in [7, 11) is 1.10. The molecule has 0 radical (unpaired) electrons. The number of fused-ring (bicyclic) bond motifs is 1. The number of carbonyl (C=O) groups excluding carboxylic acids is 2. The molecule has 0 bridgehead atoms. The first-order valence-electron chi connectivity index (χ1n) is 5.71. The maximum Gasteiger partial charge on any atom is 0.309 e. The molecular formula is C13H13F2NO3. The quantitative estimate of drug-likeness (QED) is 0.610. The predicted molar refractivity (Wildman–Crippen MR) is 63.9 cm³/mol. The van der Waals surface area contributed by atoms with E-state index in [1.54, 1.807) is 6.07 Å². The molecule has 1 aliphatic heterocycles. The highest BCUT2D eigenvalue weighted by Gasteiger charge is 2.55. The summed E-state index contributed by atoms with van der Waals surface area (Å²) in [6.45, 7) is 1.15.